The molecule has 0 aliphatic heterocycles. The van der Waals surface area contributed by atoms with Gasteiger partial charge in [0.2, 0.25) is 7.37 Å². The molecule has 0 aromatic heterocycles. The third-order valence-corrected chi connectivity index (χ3v) is 2.85. The van der Waals surface area contributed by atoms with Gasteiger partial charge in [-0.05, 0) is 13.0 Å². The normalized spacial score (nSPS) is 10.4. The fourth-order valence-corrected chi connectivity index (χ4v) is 1.95. The van der Waals surface area contributed by atoms with E-state index in [1.807, 2.05) is 6.79 Å². The molecule has 6 nitrogen and oxygen atoms in total. The zero-order chi connectivity index (χ0) is 14.5. The summed E-state index contributed by atoms with van der Waals surface area (Å²) in [5.41, 5.74) is 0. The summed E-state index contributed by atoms with van der Waals surface area (Å²) in [5, 5.41) is 16.7. The van der Waals surface area contributed by atoms with E-state index in [1.165, 1.54) is 12.7 Å². The average molecular weight is 299 g/mol. The first-order valence-electron chi connectivity index (χ1n) is 4.62. The molecule has 0 fully saturated rings. The standard InChI is InChI=1S/C6H13O3P.C4H6O.CH2O.CH4.H2O/c1-4-9-10(3,8)5-6(2)7;1-3-4(2)5;1-2;;/h7H,2,4-5H2,1,3H3;3,5H,1-2H2;1H2;1H4;1H2/p+1. The van der Waals surface area contributed by atoms with Crippen LogP contribution in [-0.2, 0) is 19.4 Å². The molecule has 116 valence electrons. The first kappa shape index (κ1) is 30.6. The van der Waals surface area contributed by atoms with Gasteiger partial charge in [-0.3, -0.25) is 4.57 Å². The maximum absolute atomic E-state index is 11.2. The van der Waals surface area contributed by atoms with Crippen molar-refractivity contribution in [2.75, 3.05) is 19.4 Å². The number of rotatable bonds is 5. The molecule has 7 heteroatoms. The van der Waals surface area contributed by atoms with E-state index in [-0.39, 0.29) is 30.6 Å². The second-order valence-corrected chi connectivity index (χ2v) is 5.45. The highest BCUT2D eigenvalue weighted by molar-refractivity contribution is 7.58. The summed E-state index contributed by atoms with van der Waals surface area (Å²) in [4.78, 5) is 8.00. The molecule has 0 bridgehead atoms. The van der Waals surface area contributed by atoms with E-state index >= 15 is 0 Å². The van der Waals surface area contributed by atoms with Crippen molar-refractivity contribution in [2.45, 2.75) is 14.4 Å². The summed E-state index contributed by atoms with van der Waals surface area (Å²) < 4.78 is 16.1. The van der Waals surface area contributed by atoms with Gasteiger partial charge < -0.3 is 25.0 Å². The van der Waals surface area contributed by atoms with Crippen LogP contribution in [0.3, 0.4) is 0 Å². The van der Waals surface area contributed by atoms with Gasteiger partial charge in [-0.2, -0.15) is 0 Å². The minimum Gasteiger partial charge on any atom is -0.512 e. The van der Waals surface area contributed by atoms with Gasteiger partial charge in [0.1, 0.15) is 12.5 Å². The number of aliphatic hydroxyl groups excluding tert-OH is 2. The van der Waals surface area contributed by atoms with Crippen molar-refractivity contribution in [2.24, 2.45) is 0 Å². The van der Waals surface area contributed by atoms with Gasteiger partial charge in [-0.15, -0.1) is 0 Å². The van der Waals surface area contributed by atoms with Crippen LogP contribution >= 0.6 is 7.37 Å². The van der Waals surface area contributed by atoms with E-state index in [0.29, 0.717) is 6.61 Å². The quantitative estimate of drug-likeness (QED) is 0.350. The Labute approximate surface area is 115 Å². The largest absolute Gasteiger partial charge is 0.512 e. The first-order valence-corrected chi connectivity index (χ1v) is 6.88. The highest BCUT2D eigenvalue weighted by atomic mass is 31.2. The van der Waals surface area contributed by atoms with Crippen molar-refractivity contribution in [1.82, 2.24) is 0 Å². The molecule has 0 aromatic rings. The molecule has 0 saturated heterocycles. The lowest BCUT2D eigenvalue weighted by atomic mass is 10.6. The third-order valence-electron chi connectivity index (χ3n) is 1.11. The number of hydrogen-bond donors (Lipinski definition) is 2. The topological polar surface area (TPSA) is 117 Å². The van der Waals surface area contributed by atoms with Crippen molar-refractivity contribution in [3.05, 3.63) is 37.3 Å². The van der Waals surface area contributed by atoms with Gasteiger partial charge >= 0.3 is 0 Å². The Morgan fingerprint density at radius 3 is 1.79 bits per heavy atom. The fourth-order valence-electron chi connectivity index (χ4n) is 0.650. The van der Waals surface area contributed by atoms with Crippen molar-refractivity contribution in [3.63, 3.8) is 0 Å². The van der Waals surface area contributed by atoms with E-state index in [1.54, 1.807) is 6.92 Å². The van der Waals surface area contributed by atoms with Crippen LogP contribution in [0.5, 0.6) is 0 Å². The van der Waals surface area contributed by atoms with Crippen LogP contribution in [0, 0.1) is 0 Å². The van der Waals surface area contributed by atoms with Crippen molar-refractivity contribution in [3.8, 4) is 0 Å². The summed E-state index contributed by atoms with van der Waals surface area (Å²) >= 11 is 0. The van der Waals surface area contributed by atoms with Gasteiger partial charge in [-0.25, -0.2) is 0 Å². The Hall–Kier alpha value is -1.36. The molecular formula is C12H28O6P+. The number of hydrogen-bond acceptors (Lipinski definition) is 5. The SMILES string of the molecule is C.C=C(O)CP(C)(=O)OCC.C=CC(=C)O.C=O.[OH3+]. The monoisotopic (exact) mass is 299 g/mol. The van der Waals surface area contributed by atoms with Gasteiger partial charge in [0, 0.05) is 6.66 Å². The van der Waals surface area contributed by atoms with Crippen LogP contribution in [0.1, 0.15) is 14.4 Å². The number of carbonyl (C=O) groups is 1. The fraction of sp³-hybridized carbons (Fsp3) is 0.417. The van der Waals surface area contributed by atoms with E-state index in [9.17, 15) is 4.57 Å². The van der Waals surface area contributed by atoms with Crippen LogP contribution in [0.2, 0.25) is 0 Å². The lowest BCUT2D eigenvalue weighted by Crippen LogP contribution is -1.95. The van der Waals surface area contributed by atoms with Crippen LogP contribution in [0.4, 0.5) is 0 Å². The van der Waals surface area contributed by atoms with Crippen LogP contribution < -0.4 is 0 Å². The van der Waals surface area contributed by atoms with E-state index in [0.717, 1.165) is 0 Å². The van der Waals surface area contributed by atoms with E-state index < -0.39 is 7.37 Å². The molecule has 0 aromatic carbocycles. The highest BCUT2D eigenvalue weighted by Crippen LogP contribution is 2.43. The van der Waals surface area contributed by atoms with Gasteiger partial charge in [0.05, 0.1) is 18.5 Å². The average Bonchev–Trinajstić information content (AvgIpc) is 2.19. The Kier molecular flexibility index (Phi) is 30.6. The lowest BCUT2D eigenvalue weighted by Gasteiger charge is -2.10. The minimum atomic E-state index is -2.60. The minimum absolute atomic E-state index is 0. The Morgan fingerprint density at radius 2 is 1.63 bits per heavy atom. The summed E-state index contributed by atoms with van der Waals surface area (Å²) in [6.45, 7) is 15.2. The zero-order valence-electron chi connectivity index (χ0n) is 11.0. The highest BCUT2D eigenvalue weighted by Gasteiger charge is 2.15. The Bertz CT molecular complexity index is 288. The molecule has 5 N–H and O–H groups in total. The van der Waals surface area contributed by atoms with Crippen LogP contribution in [-0.4, -0.2) is 36.4 Å². The van der Waals surface area contributed by atoms with Crippen molar-refractivity contribution >= 4 is 14.2 Å². The summed E-state index contributed by atoms with van der Waals surface area (Å²) in [6, 6.07) is 0. The maximum atomic E-state index is 11.2. The molecule has 0 saturated carbocycles. The molecular weight excluding hydrogens is 271 g/mol. The molecule has 19 heavy (non-hydrogen) atoms. The lowest BCUT2D eigenvalue weighted by molar-refractivity contribution is -0.0980. The van der Waals surface area contributed by atoms with E-state index in [2.05, 4.69) is 19.7 Å². The smallest absolute Gasteiger partial charge is 0.207 e. The van der Waals surface area contributed by atoms with Crippen LogP contribution in [0.25, 0.3) is 0 Å². The van der Waals surface area contributed by atoms with Gasteiger partial charge in [-0.1, -0.05) is 27.2 Å². The first-order chi connectivity index (χ1) is 7.75. The van der Waals surface area contributed by atoms with Gasteiger partial charge in [0.25, 0.3) is 0 Å². The molecule has 0 spiro atoms. The van der Waals surface area contributed by atoms with Gasteiger partial charge in [0.15, 0.2) is 0 Å². The molecule has 1 atom stereocenters. The third kappa shape index (κ3) is 38.4. The summed E-state index contributed by atoms with van der Waals surface area (Å²) in [7, 11) is -2.60. The Balaban J connectivity index is -0.0000000627. The molecule has 0 heterocycles. The summed E-state index contributed by atoms with van der Waals surface area (Å²) in [6.07, 6.45) is 1.33. The van der Waals surface area contributed by atoms with Crippen LogP contribution in [0.15, 0.2) is 37.3 Å². The molecule has 0 radical (unpaired) electrons. The second-order valence-electron chi connectivity index (χ2n) is 2.85. The predicted octanol–water partition coefficient (Wildman–Crippen LogP) is 2.78. The Morgan fingerprint density at radius 1 is 1.32 bits per heavy atom. The molecule has 0 amide bonds. The van der Waals surface area contributed by atoms with Crippen molar-refractivity contribution in [1.29, 1.82) is 0 Å². The summed E-state index contributed by atoms with van der Waals surface area (Å²) in [5.74, 6) is -0.0655. The second kappa shape index (κ2) is 19.0. The molecule has 0 rings (SSSR count). The maximum Gasteiger partial charge on any atom is 0.207 e. The molecule has 1 unspecified atom stereocenters. The number of aliphatic hydroxyl groups is 2. The predicted molar refractivity (Wildman–Crippen MR) is 82.5 cm³/mol. The molecule has 0 aliphatic rings. The van der Waals surface area contributed by atoms with E-state index in [4.69, 9.17) is 19.5 Å². The molecule has 0 aliphatic carbocycles. The number of carbonyl (C=O) groups excluding carboxylic acids is 1. The number of allylic oxidation sites excluding steroid dienone is 2. The zero-order valence-corrected chi connectivity index (χ0v) is 11.9. The van der Waals surface area contributed by atoms with Crippen molar-refractivity contribution < 1.29 is 29.6 Å².